The molecular weight excluding hydrogens is 306 g/mol. The lowest BCUT2D eigenvalue weighted by molar-refractivity contribution is 0.700. The molecule has 114 valence electrons. The van der Waals surface area contributed by atoms with E-state index >= 15 is 0 Å². The maximum Gasteiger partial charge on any atom is 0.182 e. The van der Waals surface area contributed by atoms with Crippen LogP contribution >= 0.6 is 11.3 Å². The zero-order chi connectivity index (χ0) is 15.4. The smallest absolute Gasteiger partial charge is 0.182 e. The second-order valence-electron chi connectivity index (χ2n) is 5.96. The lowest BCUT2D eigenvalue weighted by Crippen LogP contribution is -2.01. The molecule has 0 bridgehead atoms. The Morgan fingerprint density at radius 3 is 2.78 bits per heavy atom. The van der Waals surface area contributed by atoms with Crippen molar-refractivity contribution in [2.24, 2.45) is 0 Å². The molecular formula is C17H15N5S. The van der Waals surface area contributed by atoms with Gasteiger partial charge in [0.05, 0.1) is 5.39 Å². The molecule has 0 N–H and O–H groups in total. The number of rotatable bonds is 1. The Kier molecular flexibility index (Phi) is 2.76. The number of fused-ring (bicyclic) bond motifs is 5. The summed E-state index contributed by atoms with van der Waals surface area (Å²) in [6.45, 7) is 2.00. The maximum absolute atomic E-state index is 4.84. The van der Waals surface area contributed by atoms with E-state index < -0.39 is 0 Å². The summed E-state index contributed by atoms with van der Waals surface area (Å²) in [5.74, 6) is 1.62. The molecule has 4 aromatic heterocycles. The van der Waals surface area contributed by atoms with Crippen molar-refractivity contribution in [2.75, 3.05) is 0 Å². The molecule has 5 nitrogen and oxygen atoms in total. The van der Waals surface area contributed by atoms with Crippen molar-refractivity contribution in [1.82, 2.24) is 24.6 Å². The minimum absolute atomic E-state index is 0.737. The Labute approximate surface area is 137 Å². The van der Waals surface area contributed by atoms with Crippen LogP contribution in [0.1, 0.15) is 29.1 Å². The third-order valence-corrected chi connectivity index (χ3v) is 5.68. The van der Waals surface area contributed by atoms with Crippen LogP contribution in [0.5, 0.6) is 0 Å². The molecule has 5 rings (SSSR count). The van der Waals surface area contributed by atoms with Crippen LogP contribution in [0.2, 0.25) is 0 Å². The first-order valence-corrected chi connectivity index (χ1v) is 8.71. The van der Waals surface area contributed by atoms with Crippen molar-refractivity contribution in [2.45, 2.75) is 32.6 Å². The van der Waals surface area contributed by atoms with E-state index in [4.69, 9.17) is 9.97 Å². The van der Waals surface area contributed by atoms with E-state index in [1.807, 2.05) is 34.9 Å². The summed E-state index contributed by atoms with van der Waals surface area (Å²) in [4.78, 5) is 16.3. The third kappa shape index (κ3) is 1.91. The lowest BCUT2D eigenvalue weighted by Gasteiger charge is -2.10. The average molecular weight is 321 g/mol. The third-order valence-electron chi connectivity index (χ3n) is 4.49. The van der Waals surface area contributed by atoms with Gasteiger partial charge in [-0.1, -0.05) is 0 Å². The van der Waals surface area contributed by atoms with Crippen LogP contribution in [-0.4, -0.2) is 24.6 Å². The van der Waals surface area contributed by atoms with Crippen molar-refractivity contribution in [1.29, 1.82) is 0 Å². The van der Waals surface area contributed by atoms with E-state index in [0.29, 0.717) is 0 Å². The van der Waals surface area contributed by atoms with Gasteiger partial charge in [-0.25, -0.2) is 9.97 Å². The molecule has 0 spiro atoms. The average Bonchev–Trinajstić information content (AvgIpc) is 3.17. The van der Waals surface area contributed by atoms with Gasteiger partial charge >= 0.3 is 0 Å². The summed E-state index contributed by atoms with van der Waals surface area (Å²) >= 11 is 1.83. The second kappa shape index (κ2) is 4.83. The normalized spacial score (nSPS) is 14.5. The molecule has 1 aliphatic rings. The van der Waals surface area contributed by atoms with Crippen LogP contribution < -0.4 is 0 Å². The van der Waals surface area contributed by atoms with Crippen LogP contribution in [0.4, 0.5) is 0 Å². The van der Waals surface area contributed by atoms with Gasteiger partial charge in [0.2, 0.25) is 0 Å². The molecule has 0 radical (unpaired) electrons. The van der Waals surface area contributed by atoms with Crippen LogP contribution in [-0.2, 0) is 12.8 Å². The van der Waals surface area contributed by atoms with Gasteiger partial charge in [0.15, 0.2) is 11.5 Å². The highest BCUT2D eigenvalue weighted by Gasteiger charge is 2.22. The molecule has 23 heavy (non-hydrogen) atoms. The van der Waals surface area contributed by atoms with Gasteiger partial charge in [-0.2, -0.15) is 4.52 Å². The lowest BCUT2D eigenvalue weighted by atomic mass is 9.97. The Morgan fingerprint density at radius 2 is 1.91 bits per heavy atom. The fourth-order valence-electron chi connectivity index (χ4n) is 3.38. The molecule has 6 heteroatoms. The molecule has 0 amide bonds. The quantitative estimate of drug-likeness (QED) is 0.537. The summed E-state index contributed by atoms with van der Waals surface area (Å²) in [6, 6.07) is 3.88. The Bertz CT molecular complexity index is 1030. The molecule has 0 atom stereocenters. The molecule has 0 fully saturated rings. The summed E-state index contributed by atoms with van der Waals surface area (Å²) in [5, 5.41) is 5.89. The molecule has 4 heterocycles. The predicted octanol–water partition coefficient (Wildman–Crippen LogP) is 3.59. The van der Waals surface area contributed by atoms with Crippen LogP contribution in [0, 0.1) is 6.92 Å². The number of hydrogen-bond acceptors (Lipinski definition) is 5. The molecule has 1 aliphatic carbocycles. The van der Waals surface area contributed by atoms with Gasteiger partial charge < -0.3 is 0 Å². The summed E-state index contributed by atoms with van der Waals surface area (Å²) in [7, 11) is 0. The summed E-state index contributed by atoms with van der Waals surface area (Å²) < 4.78 is 1.89. The maximum atomic E-state index is 4.84. The van der Waals surface area contributed by atoms with Crippen LogP contribution in [0.25, 0.3) is 27.3 Å². The number of aromatic nitrogens is 5. The van der Waals surface area contributed by atoms with Crippen molar-refractivity contribution in [3.05, 3.63) is 40.8 Å². The van der Waals surface area contributed by atoms with Crippen LogP contribution in [0.3, 0.4) is 0 Å². The SMILES string of the molecule is Cc1nc2sc3c(c2c2nc(-c4ccncc4)nn12)CCCC3. The standard InChI is InChI=1S/C17H15N5S/c1-10-19-17-14(12-4-2-3-5-13(12)23-17)16-20-15(21-22(10)16)11-6-8-18-9-7-11/h6-9H,2-5H2,1H3. The Morgan fingerprint density at radius 1 is 1.09 bits per heavy atom. The van der Waals surface area contributed by atoms with E-state index in [2.05, 4.69) is 10.1 Å². The number of pyridine rings is 1. The largest absolute Gasteiger partial charge is 0.265 e. The first-order valence-electron chi connectivity index (χ1n) is 7.89. The minimum atomic E-state index is 0.737. The fraction of sp³-hybridized carbons (Fsp3) is 0.294. The first-order chi connectivity index (χ1) is 11.3. The van der Waals surface area contributed by atoms with Crippen molar-refractivity contribution >= 4 is 27.2 Å². The number of hydrogen-bond donors (Lipinski definition) is 0. The minimum Gasteiger partial charge on any atom is -0.265 e. The van der Waals surface area contributed by atoms with E-state index in [0.717, 1.165) is 34.1 Å². The topological polar surface area (TPSA) is 56.0 Å². The molecule has 0 saturated heterocycles. The molecule has 0 aliphatic heterocycles. The van der Waals surface area contributed by atoms with E-state index in [-0.39, 0.29) is 0 Å². The zero-order valence-electron chi connectivity index (χ0n) is 12.8. The molecule has 0 saturated carbocycles. The molecule has 0 aromatic carbocycles. The van der Waals surface area contributed by atoms with Gasteiger partial charge in [-0.3, -0.25) is 4.98 Å². The predicted molar refractivity (Wildman–Crippen MR) is 90.8 cm³/mol. The van der Waals surface area contributed by atoms with Gasteiger partial charge in [-0.05, 0) is 50.3 Å². The summed E-state index contributed by atoms with van der Waals surface area (Å²) in [5.41, 5.74) is 3.38. The monoisotopic (exact) mass is 321 g/mol. The molecule has 4 aromatic rings. The summed E-state index contributed by atoms with van der Waals surface area (Å²) in [6.07, 6.45) is 8.39. The molecule has 0 unspecified atom stereocenters. The highest BCUT2D eigenvalue weighted by molar-refractivity contribution is 7.19. The van der Waals surface area contributed by atoms with Gasteiger partial charge in [0.1, 0.15) is 10.7 Å². The Hall–Kier alpha value is -2.34. The van der Waals surface area contributed by atoms with Crippen molar-refractivity contribution in [3.63, 3.8) is 0 Å². The van der Waals surface area contributed by atoms with Gasteiger partial charge in [0, 0.05) is 22.8 Å². The Balaban J connectivity index is 1.85. The number of nitrogens with zero attached hydrogens (tertiary/aromatic N) is 5. The van der Waals surface area contributed by atoms with Crippen molar-refractivity contribution in [3.8, 4) is 11.4 Å². The van der Waals surface area contributed by atoms with E-state index in [1.165, 1.54) is 35.1 Å². The number of thiophene rings is 1. The highest BCUT2D eigenvalue weighted by atomic mass is 32.1. The van der Waals surface area contributed by atoms with E-state index in [9.17, 15) is 0 Å². The van der Waals surface area contributed by atoms with Gasteiger partial charge in [-0.15, -0.1) is 16.4 Å². The van der Waals surface area contributed by atoms with E-state index in [1.54, 1.807) is 12.4 Å². The number of aryl methyl sites for hydroxylation is 3. The fourth-order valence-corrected chi connectivity index (χ4v) is 4.68. The highest BCUT2D eigenvalue weighted by Crippen LogP contribution is 2.37. The zero-order valence-corrected chi connectivity index (χ0v) is 13.6. The van der Waals surface area contributed by atoms with Gasteiger partial charge in [0.25, 0.3) is 0 Å². The first kappa shape index (κ1) is 13.1. The second-order valence-corrected chi connectivity index (χ2v) is 7.04. The van der Waals surface area contributed by atoms with Crippen molar-refractivity contribution < 1.29 is 0 Å². The van der Waals surface area contributed by atoms with Crippen LogP contribution in [0.15, 0.2) is 24.5 Å².